The smallest absolute Gasteiger partial charge is 0.139 e. The van der Waals surface area contributed by atoms with E-state index in [-0.39, 0.29) is 0 Å². The highest BCUT2D eigenvalue weighted by molar-refractivity contribution is 5.23. The normalized spacial score (nSPS) is 10.7. The summed E-state index contributed by atoms with van der Waals surface area (Å²) in [6.45, 7) is 6.51. The van der Waals surface area contributed by atoms with E-state index in [4.69, 9.17) is 0 Å². The van der Waals surface area contributed by atoms with Crippen molar-refractivity contribution in [1.29, 1.82) is 0 Å². The molecule has 0 aliphatic heterocycles. The number of likely N-dealkylation sites (N-methyl/N-ethyl adjacent to an activating group) is 1. The lowest BCUT2D eigenvalue weighted by atomic mass is 10.3. The predicted octanol–water partition coefficient (Wildman–Crippen LogP) is 1.76. The molecule has 1 nitrogen and oxygen atoms in total. The Morgan fingerprint density at radius 1 is 1.67 bits per heavy atom. The maximum atomic E-state index is 12.2. The van der Waals surface area contributed by atoms with E-state index in [1.807, 2.05) is 0 Å². The Hall–Kier alpha value is -1.05. The van der Waals surface area contributed by atoms with Crippen molar-refractivity contribution in [2.75, 3.05) is 7.05 Å². The van der Waals surface area contributed by atoms with Gasteiger partial charge in [0.1, 0.15) is 5.83 Å². The Bertz CT molecular complexity index is 147. The monoisotopic (exact) mass is 127 g/mol. The van der Waals surface area contributed by atoms with Crippen molar-refractivity contribution in [3.8, 4) is 0 Å². The van der Waals surface area contributed by atoms with Crippen molar-refractivity contribution in [2.45, 2.75) is 0 Å². The molecule has 9 heavy (non-hydrogen) atoms. The average molecular weight is 127 g/mol. The Kier molecular flexibility index (Phi) is 3.44. The van der Waals surface area contributed by atoms with Crippen LogP contribution in [0.1, 0.15) is 0 Å². The van der Waals surface area contributed by atoms with Crippen LogP contribution in [0.15, 0.2) is 36.8 Å². The van der Waals surface area contributed by atoms with Crippen molar-refractivity contribution in [3.05, 3.63) is 36.8 Å². The molecule has 0 aliphatic rings. The highest BCUT2D eigenvalue weighted by Gasteiger charge is 1.93. The SMILES string of the molecule is C=C/C=C(/NC)C(=C)F. The van der Waals surface area contributed by atoms with Gasteiger partial charge in [-0.05, 0) is 6.08 Å². The average Bonchev–Trinajstić information content (AvgIpc) is 1.82. The van der Waals surface area contributed by atoms with Gasteiger partial charge in [0, 0.05) is 7.05 Å². The van der Waals surface area contributed by atoms with E-state index in [0.717, 1.165) is 0 Å². The molecule has 2 heteroatoms. The van der Waals surface area contributed by atoms with Crippen molar-refractivity contribution in [3.63, 3.8) is 0 Å². The molecule has 0 atom stereocenters. The van der Waals surface area contributed by atoms with Gasteiger partial charge in [-0.15, -0.1) is 0 Å². The van der Waals surface area contributed by atoms with Crippen molar-refractivity contribution >= 4 is 0 Å². The first kappa shape index (κ1) is 7.95. The van der Waals surface area contributed by atoms with E-state index in [9.17, 15) is 4.39 Å². The molecule has 0 saturated carbocycles. The molecular formula is C7H10FN. The molecule has 0 bridgehead atoms. The molecule has 0 aromatic carbocycles. The van der Waals surface area contributed by atoms with Gasteiger partial charge >= 0.3 is 0 Å². The third-order valence-corrected chi connectivity index (χ3v) is 0.846. The maximum absolute atomic E-state index is 12.2. The zero-order chi connectivity index (χ0) is 7.28. The summed E-state index contributed by atoms with van der Waals surface area (Å²) in [6.07, 6.45) is 3.01. The van der Waals surface area contributed by atoms with Crippen molar-refractivity contribution < 1.29 is 4.39 Å². The largest absolute Gasteiger partial charge is 0.386 e. The third-order valence-electron chi connectivity index (χ3n) is 0.846. The van der Waals surface area contributed by atoms with Crippen LogP contribution in [0.4, 0.5) is 4.39 Å². The summed E-state index contributed by atoms with van der Waals surface area (Å²) in [4.78, 5) is 0. The highest BCUT2D eigenvalue weighted by atomic mass is 19.1. The summed E-state index contributed by atoms with van der Waals surface area (Å²) in [7, 11) is 1.63. The number of halogens is 1. The van der Waals surface area contributed by atoms with E-state index >= 15 is 0 Å². The summed E-state index contributed by atoms with van der Waals surface area (Å²) in [5.41, 5.74) is 0.366. The lowest BCUT2D eigenvalue weighted by Gasteiger charge is -1.98. The minimum absolute atomic E-state index is 0.366. The molecule has 0 saturated heterocycles. The van der Waals surface area contributed by atoms with Gasteiger partial charge in [0.05, 0.1) is 5.70 Å². The molecule has 0 amide bonds. The van der Waals surface area contributed by atoms with E-state index in [2.05, 4.69) is 18.5 Å². The lowest BCUT2D eigenvalue weighted by Crippen LogP contribution is -2.04. The topological polar surface area (TPSA) is 12.0 Å². The predicted molar refractivity (Wildman–Crippen MR) is 37.6 cm³/mol. The van der Waals surface area contributed by atoms with Gasteiger partial charge < -0.3 is 5.32 Å². The molecule has 0 radical (unpaired) electrons. The third kappa shape index (κ3) is 2.69. The second-order valence-electron chi connectivity index (χ2n) is 1.47. The Balaban J connectivity index is 4.14. The van der Waals surface area contributed by atoms with Crippen LogP contribution in [0.25, 0.3) is 0 Å². The van der Waals surface area contributed by atoms with Crippen molar-refractivity contribution in [2.24, 2.45) is 0 Å². The van der Waals surface area contributed by atoms with E-state index in [1.165, 1.54) is 12.2 Å². The number of hydrogen-bond donors (Lipinski definition) is 1. The van der Waals surface area contributed by atoms with Crippen LogP contribution in [0.5, 0.6) is 0 Å². The summed E-state index contributed by atoms with van der Waals surface area (Å²) in [5, 5.41) is 2.62. The quantitative estimate of drug-likeness (QED) is 0.569. The van der Waals surface area contributed by atoms with Crippen LogP contribution in [-0.2, 0) is 0 Å². The van der Waals surface area contributed by atoms with Gasteiger partial charge in [-0.2, -0.15) is 0 Å². The van der Waals surface area contributed by atoms with Gasteiger partial charge in [-0.3, -0.25) is 0 Å². The number of allylic oxidation sites excluding steroid dienone is 3. The van der Waals surface area contributed by atoms with Crippen LogP contribution in [0.3, 0.4) is 0 Å². The van der Waals surface area contributed by atoms with Crippen LogP contribution in [0, 0.1) is 0 Å². The molecule has 50 valence electrons. The van der Waals surface area contributed by atoms with Crippen LogP contribution < -0.4 is 5.32 Å². The second kappa shape index (κ2) is 3.89. The van der Waals surface area contributed by atoms with Gasteiger partial charge in [0.25, 0.3) is 0 Å². The summed E-state index contributed by atoms with van der Waals surface area (Å²) < 4.78 is 12.2. The van der Waals surface area contributed by atoms with Crippen LogP contribution in [-0.4, -0.2) is 7.05 Å². The molecular weight excluding hydrogens is 117 g/mol. The molecule has 0 fully saturated rings. The van der Waals surface area contributed by atoms with E-state index < -0.39 is 5.83 Å². The Labute approximate surface area is 54.6 Å². The van der Waals surface area contributed by atoms with Gasteiger partial charge in [-0.1, -0.05) is 19.2 Å². The zero-order valence-electron chi connectivity index (χ0n) is 5.45. The number of hydrogen-bond acceptors (Lipinski definition) is 1. The second-order valence-corrected chi connectivity index (χ2v) is 1.47. The highest BCUT2D eigenvalue weighted by Crippen LogP contribution is 2.03. The Morgan fingerprint density at radius 3 is 2.33 bits per heavy atom. The van der Waals surface area contributed by atoms with Crippen molar-refractivity contribution in [1.82, 2.24) is 5.32 Å². The summed E-state index contributed by atoms with van der Waals surface area (Å²) in [5.74, 6) is -0.475. The molecule has 0 aromatic rings. The van der Waals surface area contributed by atoms with Gasteiger partial charge in [0.15, 0.2) is 0 Å². The molecule has 0 spiro atoms. The van der Waals surface area contributed by atoms with Crippen LogP contribution in [0.2, 0.25) is 0 Å². The fourth-order valence-corrected chi connectivity index (χ4v) is 0.427. The van der Waals surface area contributed by atoms with E-state index in [0.29, 0.717) is 5.70 Å². The first-order valence-corrected chi connectivity index (χ1v) is 2.57. The zero-order valence-corrected chi connectivity index (χ0v) is 5.45. The number of rotatable bonds is 3. The fourth-order valence-electron chi connectivity index (χ4n) is 0.427. The molecule has 0 aliphatic carbocycles. The summed E-state index contributed by atoms with van der Waals surface area (Å²) in [6, 6.07) is 0. The summed E-state index contributed by atoms with van der Waals surface area (Å²) >= 11 is 0. The fraction of sp³-hybridized carbons (Fsp3) is 0.143. The maximum Gasteiger partial charge on any atom is 0.139 e. The number of nitrogens with one attached hydrogen (secondary N) is 1. The van der Waals surface area contributed by atoms with Gasteiger partial charge in [0.2, 0.25) is 0 Å². The van der Waals surface area contributed by atoms with Crippen LogP contribution >= 0.6 is 0 Å². The first-order valence-electron chi connectivity index (χ1n) is 2.57. The molecule has 1 N–H and O–H groups in total. The molecule has 0 heterocycles. The molecule has 0 aromatic heterocycles. The standard InChI is InChI=1S/C7H10FN/c1-4-5-7(9-3)6(2)8/h4-5,9H,1-2H2,3H3/b7-5+. The minimum Gasteiger partial charge on any atom is -0.386 e. The molecule has 0 unspecified atom stereocenters. The molecule has 0 rings (SSSR count). The van der Waals surface area contributed by atoms with E-state index in [1.54, 1.807) is 7.05 Å². The minimum atomic E-state index is -0.475. The Morgan fingerprint density at radius 2 is 2.22 bits per heavy atom. The van der Waals surface area contributed by atoms with Gasteiger partial charge in [-0.25, -0.2) is 4.39 Å². The lowest BCUT2D eigenvalue weighted by molar-refractivity contribution is 0.638. The first-order chi connectivity index (χ1) is 4.22.